The Morgan fingerprint density at radius 3 is 2.40 bits per heavy atom. The summed E-state index contributed by atoms with van der Waals surface area (Å²) in [6.45, 7) is 4.36. The van der Waals surface area contributed by atoms with Crippen LogP contribution in [0.5, 0.6) is 0 Å². The van der Waals surface area contributed by atoms with E-state index in [1.165, 1.54) is 4.90 Å². The molecule has 0 fully saturated rings. The van der Waals surface area contributed by atoms with Crippen molar-refractivity contribution in [2.24, 2.45) is 5.73 Å². The minimum absolute atomic E-state index is 0.0198. The highest BCUT2D eigenvalue weighted by molar-refractivity contribution is 5.92. The maximum atomic E-state index is 11.6. The molecule has 0 spiro atoms. The van der Waals surface area contributed by atoms with E-state index in [-0.39, 0.29) is 18.5 Å². The van der Waals surface area contributed by atoms with E-state index in [2.05, 4.69) is 10.6 Å². The van der Waals surface area contributed by atoms with Crippen molar-refractivity contribution in [1.29, 1.82) is 0 Å². The first-order chi connectivity index (χ1) is 9.43. The van der Waals surface area contributed by atoms with Crippen LogP contribution >= 0.6 is 0 Å². The number of hydrogen-bond acceptors (Lipinski definition) is 3. The number of hydrogen-bond donors (Lipinski definition) is 3. The van der Waals surface area contributed by atoms with Crippen LogP contribution in [0.15, 0.2) is 24.3 Å². The molecule has 0 bridgehead atoms. The van der Waals surface area contributed by atoms with Crippen molar-refractivity contribution in [2.45, 2.75) is 19.9 Å². The lowest BCUT2D eigenvalue weighted by atomic mass is 10.1. The quantitative estimate of drug-likeness (QED) is 0.758. The topological polar surface area (TPSA) is 87.5 Å². The molecule has 6 heteroatoms. The number of amides is 3. The summed E-state index contributed by atoms with van der Waals surface area (Å²) in [4.78, 5) is 24.7. The van der Waals surface area contributed by atoms with E-state index < -0.39 is 6.03 Å². The second-order valence-electron chi connectivity index (χ2n) is 4.63. The van der Waals surface area contributed by atoms with E-state index in [0.717, 1.165) is 5.56 Å². The molecule has 1 aromatic carbocycles. The van der Waals surface area contributed by atoms with E-state index in [9.17, 15) is 9.59 Å². The first-order valence-electron chi connectivity index (χ1n) is 6.58. The Morgan fingerprint density at radius 2 is 1.90 bits per heavy atom. The lowest BCUT2D eigenvalue weighted by molar-refractivity contribution is -0.128. The van der Waals surface area contributed by atoms with Crippen LogP contribution in [-0.4, -0.2) is 37.0 Å². The molecule has 0 heterocycles. The van der Waals surface area contributed by atoms with Crippen LogP contribution in [0.25, 0.3) is 0 Å². The van der Waals surface area contributed by atoms with E-state index in [4.69, 9.17) is 5.73 Å². The smallest absolute Gasteiger partial charge is 0.319 e. The van der Waals surface area contributed by atoms with Crippen LogP contribution in [0.2, 0.25) is 0 Å². The molecular weight excluding hydrogens is 256 g/mol. The highest BCUT2D eigenvalue weighted by Gasteiger charge is 2.08. The summed E-state index contributed by atoms with van der Waals surface area (Å²) in [5.74, 6) is -0.130. The normalized spacial score (nSPS) is 11.6. The summed E-state index contributed by atoms with van der Waals surface area (Å²) in [5, 5.41) is 5.18. The maximum Gasteiger partial charge on any atom is 0.319 e. The van der Waals surface area contributed by atoms with Gasteiger partial charge in [0.15, 0.2) is 0 Å². The first-order valence-corrected chi connectivity index (χ1v) is 6.58. The molecule has 0 aliphatic carbocycles. The number of urea groups is 1. The van der Waals surface area contributed by atoms with Gasteiger partial charge in [-0.25, -0.2) is 4.79 Å². The fraction of sp³-hybridized carbons (Fsp3) is 0.429. The van der Waals surface area contributed by atoms with Gasteiger partial charge in [0.2, 0.25) is 5.91 Å². The maximum absolute atomic E-state index is 11.6. The third-order valence-corrected chi connectivity index (χ3v) is 2.99. The highest BCUT2D eigenvalue weighted by atomic mass is 16.2. The van der Waals surface area contributed by atoms with Crippen molar-refractivity contribution in [3.8, 4) is 0 Å². The number of carbonyl (C=O) groups is 2. The monoisotopic (exact) mass is 278 g/mol. The third-order valence-electron chi connectivity index (χ3n) is 2.99. The van der Waals surface area contributed by atoms with Crippen molar-refractivity contribution in [3.63, 3.8) is 0 Å². The van der Waals surface area contributed by atoms with E-state index in [1.807, 2.05) is 26.0 Å². The van der Waals surface area contributed by atoms with Gasteiger partial charge in [0.1, 0.15) is 0 Å². The number of likely N-dealkylation sites (N-methyl/N-ethyl adjacent to an activating group) is 1. The average Bonchev–Trinajstić information content (AvgIpc) is 2.44. The van der Waals surface area contributed by atoms with E-state index in [0.29, 0.717) is 12.2 Å². The van der Waals surface area contributed by atoms with Gasteiger partial charge in [0, 0.05) is 25.3 Å². The Morgan fingerprint density at radius 1 is 1.30 bits per heavy atom. The lowest BCUT2D eigenvalue weighted by Gasteiger charge is -2.15. The highest BCUT2D eigenvalue weighted by Crippen LogP contribution is 2.13. The minimum Gasteiger partial charge on any atom is -0.345 e. The lowest BCUT2D eigenvalue weighted by Crippen LogP contribution is -2.39. The summed E-state index contributed by atoms with van der Waals surface area (Å²) in [7, 11) is 1.69. The Bertz CT molecular complexity index is 457. The molecule has 1 rings (SSSR count). The van der Waals surface area contributed by atoms with E-state index >= 15 is 0 Å². The number of rotatable bonds is 5. The summed E-state index contributed by atoms with van der Waals surface area (Å²) < 4.78 is 0. The predicted molar refractivity (Wildman–Crippen MR) is 79.4 cm³/mol. The molecule has 20 heavy (non-hydrogen) atoms. The van der Waals surface area contributed by atoms with Crippen LogP contribution in [-0.2, 0) is 4.79 Å². The predicted octanol–water partition coefficient (Wildman–Crippen LogP) is 1.31. The van der Waals surface area contributed by atoms with Crippen molar-refractivity contribution in [1.82, 2.24) is 10.2 Å². The summed E-state index contributed by atoms with van der Waals surface area (Å²) in [5.41, 5.74) is 7.40. The molecule has 1 unspecified atom stereocenters. The number of anilines is 1. The SMILES string of the molecule is CCN(C)C(=O)CNC(=O)Nc1ccc(C(C)N)cc1. The van der Waals surface area contributed by atoms with Crippen LogP contribution < -0.4 is 16.4 Å². The van der Waals surface area contributed by atoms with Gasteiger partial charge in [-0.15, -0.1) is 0 Å². The van der Waals surface area contributed by atoms with Crippen molar-refractivity contribution in [3.05, 3.63) is 29.8 Å². The first kappa shape index (κ1) is 16.0. The molecule has 110 valence electrons. The van der Waals surface area contributed by atoms with Crippen molar-refractivity contribution >= 4 is 17.6 Å². The van der Waals surface area contributed by atoms with Gasteiger partial charge in [-0.2, -0.15) is 0 Å². The van der Waals surface area contributed by atoms with Gasteiger partial charge in [-0.1, -0.05) is 12.1 Å². The van der Waals surface area contributed by atoms with Gasteiger partial charge >= 0.3 is 6.03 Å². The van der Waals surface area contributed by atoms with Crippen LogP contribution in [0, 0.1) is 0 Å². The van der Waals surface area contributed by atoms with Gasteiger partial charge in [-0.3, -0.25) is 4.79 Å². The molecule has 1 aromatic rings. The Labute approximate surface area is 119 Å². The second kappa shape index (κ2) is 7.49. The van der Waals surface area contributed by atoms with Gasteiger partial charge in [0.05, 0.1) is 6.54 Å². The number of nitrogens with two attached hydrogens (primary N) is 1. The summed E-state index contributed by atoms with van der Waals surface area (Å²) >= 11 is 0. The zero-order valence-electron chi connectivity index (χ0n) is 12.1. The molecule has 6 nitrogen and oxygen atoms in total. The molecule has 0 saturated heterocycles. The average molecular weight is 278 g/mol. The summed E-state index contributed by atoms with van der Waals surface area (Å²) in [6, 6.07) is 6.82. The fourth-order valence-electron chi connectivity index (χ4n) is 1.51. The number of carbonyl (C=O) groups excluding carboxylic acids is 2. The molecule has 3 amide bonds. The fourth-order valence-corrected chi connectivity index (χ4v) is 1.51. The molecular formula is C14H22N4O2. The van der Waals surface area contributed by atoms with Crippen LogP contribution in [0.4, 0.5) is 10.5 Å². The largest absolute Gasteiger partial charge is 0.345 e. The van der Waals surface area contributed by atoms with Gasteiger partial charge < -0.3 is 21.3 Å². The second-order valence-corrected chi connectivity index (χ2v) is 4.63. The minimum atomic E-state index is -0.406. The molecule has 4 N–H and O–H groups in total. The number of benzene rings is 1. The van der Waals surface area contributed by atoms with Gasteiger partial charge in [-0.05, 0) is 31.5 Å². The van der Waals surface area contributed by atoms with Crippen molar-refractivity contribution < 1.29 is 9.59 Å². The third kappa shape index (κ3) is 4.89. The van der Waals surface area contributed by atoms with E-state index in [1.54, 1.807) is 19.2 Å². The van der Waals surface area contributed by atoms with Crippen LogP contribution in [0.1, 0.15) is 25.5 Å². The number of nitrogens with one attached hydrogen (secondary N) is 2. The van der Waals surface area contributed by atoms with Crippen molar-refractivity contribution in [2.75, 3.05) is 25.5 Å². The zero-order valence-corrected chi connectivity index (χ0v) is 12.1. The van der Waals surface area contributed by atoms with Gasteiger partial charge in [0.25, 0.3) is 0 Å². The standard InChI is InChI=1S/C14H22N4O2/c1-4-18(3)13(19)9-16-14(20)17-12-7-5-11(6-8-12)10(2)15/h5-8,10H,4,9,15H2,1-3H3,(H2,16,17,20). The molecule has 1 atom stereocenters. The molecule has 0 saturated carbocycles. The Hall–Kier alpha value is -2.08. The zero-order chi connectivity index (χ0) is 15.1. The number of nitrogens with zero attached hydrogens (tertiary/aromatic N) is 1. The molecule has 0 radical (unpaired) electrons. The summed E-state index contributed by atoms with van der Waals surface area (Å²) in [6.07, 6.45) is 0. The molecule has 0 aliphatic rings. The molecule has 0 aliphatic heterocycles. The Kier molecular flexibility index (Phi) is 5.99. The molecule has 0 aromatic heterocycles. The van der Waals surface area contributed by atoms with Crippen LogP contribution in [0.3, 0.4) is 0 Å². The Balaban J connectivity index is 2.44.